The number of hydrogen-bond acceptors (Lipinski definition) is 3. The Hall–Kier alpha value is -1.91. The molecule has 0 bridgehead atoms. The van der Waals surface area contributed by atoms with Gasteiger partial charge in [-0.1, -0.05) is 0 Å². The van der Waals surface area contributed by atoms with Crippen LogP contribution in [-0.4, -0.2) is 38.2 Å². The maximum Gasteiger partial charge on any atom is 0.321 e. The van der Waals surface area contributed by atoms with Crippen LogP contribution in [0.4, 0.5) is 10.5 Å². The van der Waals surface area contributed by atoms with Crippen molar-refractivity contribution in [3.63, 3.8) is 0 Å². The van der Waals surface area contributed by atoms with Crippen molar-refractivity contribution in [1.82, 2.24) is 4.90 Å². The Bertz CT molecular complexity index is 442. The summed E-state index contributed by atoms with van der Waals surface area (Å²) in [5.74, 6) is 1.32. The number of hydrogen-bond donors (Lipinski definition) is 1. The monoisotopic (exact) mass is 264 g/mol. The summed E-state index contributed by atoms with van der Waals surface area (Å²) in [5, 5.41) is 2.89. The second-order valence-electron chi connectivity index (χ2n) is 4.54. The summed E-state index contributed by atoms with van der Waals surface area (Å²) >= 11 is 0. The fourth-order valence-corrected chi connectivity index (χ4v) is 2.20. The molecule has 104 valence electrons. The van der Waals surface area contributed by atoms with E-state index in [-0.39, 0.29) is 6.03 Å². The molecule has 0 aliphatic carbocycles. The SMILES string of the molecule is COc1ccc(OC)c(NC(=O)N2CCCCC2)c1. The lowest BCUT2D eigenvalue weighted by Crippen LogP contribution is -2.38. The van der Waals surface area contributed by atoms with Crippen molar-refractivity contribution in [1.29, 1.82) is 0 Å². The summed E-state index contributed by atoms with van der Waals surface area (Å²) in [6, 6.07) is 5.27. The van der Waals surface area contributed by atoms with Crippen LogP contribution in [-0.2, 0) is 0 Å². The topological polar surface area (TPSA) is 50.8 Å². The van der Waals surface area contributed by atoms with Gasteiger partial charge in [0.2, 0.25) is 0 Å². The van der Waals surface area contributed by atoms with Gasteiger partial charge < -0.3 is 19.7 Å². The van der Waals surface area contributed by atoms with E-state index in [2.05, 4.69) is 5.32 Å². The third-order valence-corrected chi connectivity index (χ3v) is 3.29. The molecule has 1 aliphatic heterocycles. The van der Waals surface area contributed by atoms with Gasteiger partial charge in [-0.3, -0.25) is 0 Å². The number of nitrogens with zero attached hydrogens (tertiary/aromatic N) is 1. The van der Waals surface area contributed by atoms with E-state index in [1.165, 1.54) is 6.42 Å². The van der Waals surface area contributed by atoms with Gasteiger partial charge in [0.1, 0.15) is 11.5 Å². The lowest BCUT2D eigenvalue weighted by Gasteiger charge is -2.27. The molecule has 5 heteroatoms. The van der Waals surface area contributed by atoms with E-state index in [9.17, 15) is 4.79 Å². The van der Waals surface area contributed by atoms with E-state index in [4.69, 9.17) is 9.47 Å². The van der Waals surface area contributed by atoms with Gasteiger partial charge in [-0.25, -0.2) is 4.79 Å². The molecule has 0 atom stereocenters. The maximum atomic E-state index is 12.2. The van der Waals surface area contributed by atoms with E-state index in [1.807, 2.05) is 4.90 Å². The third kappa shape index (κ3) is 3.30. The summed E-state index contributed by atoms with van der Waals surface area (Å²) < 4.78 is 10.4. The number of carbonyl (C=O) groups is 1. The van der Waals surface area contributed by atoms with Crippen LogP contribution in [0.2, 0.25) is 0 Å². The van der Waals surface area contributed by atoms with Crippen LogP contribution in [0, 0.1) is 0 Å². The first kappa shape index (κ1) is 13.5. The van der Waals surface area contributed by atoms with Crippen molar-refractivity contribution in [2.45, 2.75) is 19.3 Å². The van der Waals surface area contributed by atoms with Gasteiger partial charge in [0.15, 0.2) is 0 Å². The minimum absolute atomic E-state index is 0.0775. The predicted octanol–water partition coefficient (Wildman–Crippen LogP) is 2.72. The quantitative estimate of drug-likeness (QED) is 0.913. The maximum absolute atomic E-state index is 12.2. The Morgan fingerprint density at radius 2 is 1.89 bits per heavy atom. The highest BCUT2D eigenvalue weighted by Gasteiger charge is 2.18. The van der Waals surface area contributed by atoms with E-state index < -0.39 is 0 Å². The van der Waals surface area contributed by atoms with Crippen molar-refractivity contribution in [3.05, 3.63) is 18.2 Å². The van der Waals surface area contributed by atoms with E-state index in [0.717, 1.165) is 25.9 Å². The number of likely N-dealkylation sites (tertiary alicyclic amines) is 1. The standard InChI is InChI=1S/C14H20N2O3/c1-18-11-6-7-13(19-2)12(10-11)15-14(17)16-8-4-3-5-9-16/h6-7,10H,3-5,8-9H2,1-2H3,(H,15,17). The Morgan fingerprint density at radius 1 is 1.16 bits per heavy atom. The van der Waals surface area contributed by atoms with E-state index in [0.29, 0.717) is 17.2 Å². The Kier molecular flexibility index (Phi) is 4.49. The van der Waals surface area contributed by atoms with Crippen LogP contribution >= 0.6 is 0 Å². The molecule has 2 rings (SSSR count). The summed E-state index contributed by atoms with van der Waals surface area (Å²) in [4.78, 5) is 14.0. The van der Waals surface area contributed by atoms with Gasteiger partial charge in [-0.15, -0.1) is 0 Å². The Balaban J connectivity index is 2.10. The lowest BCUT2D eigenvalue weighted by molar-refractivity contribution is 0.200. The van der Waals surface area contributed by atoms with Crippen molar-refractivity contribution >= 4 is 11.7 Å². The Morgan fingerprint density at radius 3 is 2.53 bits per heavy atom. The van der Waals surface area contributed by atoms with Crippen LogP contribution in [0.25, 0.3) is 0 Å². The zero-order valence-electron chi connectivity index (χ0n) is 11.4. The Labute approximate surface area is 113 Å². The normalized spacial score (nSPS) is 14.9. The zero-order chi connectivity index (χ0) is 13.7. The molecule has 1 aromatic carbocycles. The molecule has 0 unspecified atom stereocenters. The van der Waals surface area contributed by atoms with Gasteiger partial charge in [0.05, 0.1) is 19.9 Å². The van der Waals surface area contributed by atoms with Crippen molar-refractivity contribution < 1.29 is 14.3 Å². The van der Waals surface area contributed by atoms with Crippen LogP contribution in [0.3, 0.4) is 0 Å². The molecular weight excluding hydrogens is 244 g/mol. The van der Waals surface area contributed by atoms with E-state index in [1.54, 1.807) is 32.4 Å². The summed E-state index contributed by atoms with van der Waals surface area (Å²) in [5.41, 5.74) is 0.637. The first-order valence-corrected chi connectivity index (χ1v) is 6.52. The summed E-state index contributed by atoms with van der Waals surface area (Å²) in [7, 11) is 3.18. The molecule has 1 aliphatic rings. The van der Waals surface area contributed by atoms with Crippen molar-refractivity contribution in [2.24, 2.45) is 0 Å². The number of amides is 2. The fourth-order valence-electron chi connectivity index (χ4n) is 2.20. The number of nitrogens with one attached hydrogen (secondary N) is 1. The molecular formula is C14H20N2O3. The van der Waals surface area contributed by atoms with Crippen LogP contribution < -0.4 is 14.8 Å². The molecule has 1 heterocycles. The number of methoxy groups -OCH3 is 2. The highest BCUT2D eigenvalue weighted by Crippen LogP contribution is 2.29. The van der Waals surface area contributed by atoms with E-state index >= 15 is 0 Å². The van der Waals surface area contributed by atoms with Gasteiger partial charge >= 0.3 is 6.03 Å². The van der Waals surface area contributed by atoms with Crippen LogP contribution in [0.5, 0.6) is 11.5 Å². The zero-order valence-corrected chi connectivity index (χ0v) is 11.4. The second kappa shape index (κ2) is 6.31. The van der Waals surface area contributed by atoms with Crippen LogP contribution in [0.1, 0.15) is 19.3 Å². The minimum atomic E-state index is -0.0775. The molecule has 0 aromatic heterocycles. The van der Waals surface area contributed by atoms with Gasteiger partial charge in [0.25, 0.3) is 0 Å². The van der Waals surface area contributed by atoms with Crippen molar-refractivity contribution in [3.8, 4) is 11.5 Å². The third-order valence-electron chi connectivity index (χ3n) is 3.29. The smallest absolute Gasteiger partial charge is 0.321 e. The summed E-state index contributed by atoms with van der Waals surface area (Å²) in [6.45, 7) is 1.64. The first-order valence-electron chi connectivity index (χ1n) is 6.52. The largest absolute Gasteiger partial charge is 0.497 e. The molecule has 1 N–H and O–H groups in total. The fraction of sp³-hybridized carbons (Fsp3) is 0.500. The minimum Gasteiger partial charge on any atom is -0.497 e. The van der Waals surface area contributed by atoms with Crippen LogP contribution in [0.15, 0.2) is 18.2 Å². The van der Waals surface area contributed by atoms with Gasteiger partial charge in [0, 0.05) is 19.2 Å². The molecule has 0 radical (unpaired) electrons. The van der Waals surface area contributed by atoms with Gasteiger partial charge in [-0.2, -0.15) is 0 Å². The van der Waals surface area contributed by atoms with Gasteiger partial charge in [-0.05, 0) is 31.4 Å². The number of rotatable bonds is 3. The first-order chi connectivity index (χ1) is 9.24. The number of anilines is 1. The predicted molar refractivity (Wildman–Crippen MR) is 74.0 cm³/mol. The molecule has 1 fully saturated rings. The molecule has 5 nitrogen and oxygen atoms in total. The lowest BCUT2D eigenvalue weighted by atomic mass is 10.1. The average Bonchev–Trinajstić information content (AvgIpc) is 2.48. The molecule has 1 aromatic rings. The highest BCUT2D eigenvalue weighted by molar-refractivity contribution is 5.91. The number of piperidine rings is 1. The highest BCUT2D eigenvalue weighted by atomic mass is 16.5. The van der Waals surface area contributed by atoms with Crippen molar-refractivity contribution in [2.75, 3.05) is 32.6 Å². The molecule has 2 amide bonds. The molecule has 19 heavy (non-hydrogen) atoms. The number of ether oxygens (including phenoxy) is 2. The number of benzene rings is 1. The molecule has 1 saturated heterocycles. The molecule has 0 spiro atoms. The average molecular weight is 264 g/mol. The number of urea groups is 1. The second-order valence-corrected chi connectivity index (χ2v) is 4.54. The summed E-state index contributed by atoms with van der Waals surface area (Å²) in [6.07, 6.45) is 3.34. The molecule has 0 saturated carbocycles. The number of carbonyl (C=O) groups excluding carboxylic acids is 1.